The van der Waals surface area contributed by atoms with E-state index in [4.69, 9.17) is 19.4 Å². The van der Waals surface area contributed by atoms with Gasteiger partial charge in [-0.25, -0.2) is 9.97 Å². The van der Waals surface area contributed by atoms with E-state index in [0.29, 0.717) is 13.2 Å². The molecule has 0 fully saturated rings. The van der Waals surface area contributed by atoms with E-state index in [1.54, 1.807) is 24.3 Å². The molecule has 4 N–H and O–H groups in total. The number of benzene rings is 4. The van der Waals surface area contributed by atoms with E-state index in [0.717, 1.165) is 114 Å². The van der Waals surface area contributed by atoms with E-state index >= 15 is 0 Å². The van der Waals surface area contributed by atoms with Crippen LogP contribution in [0.15, 0.2) is 121 Å². The summed E-state index contributed by atoms with van der Waals surface area (Å²) in [5.74, 6) is 2.11. The standard InChI is InChI=1S/C76H94N4O4/c1-3-5-7-9-11-13-15-17-19-21-23-25-27-29-55-83-63-43-35-59(36-44-63)75-69-51-47-65(77-69)73(57-31-39-61(81)40-32-57)67-49-53-71(79-67)76(72-54-50-68(80-72)74(66-48-52-70(75)78-66)58-33-41-62(82)42-34-58)60-37-45-64(46-38-60)84-56-30-28-26-24-22-20-18-16-14-12-10-8-6-4-2/h31-54,77,80-82H,3-30,55-56H2,1-2H3. The van der Waals surface area contributed by atoms with Crippen molar-refractivity contribution in [2.45, 2.75) is 194 Å². The Bertz CT molecular complexity index is 3110. The van der Waals surface area contributed by atoms with Crippen LogP contribution < -0.4 is 9.47 Å². The number of aromatic hydroxyl groups is 2. The van der Waals surface area contributed by atoms with Crippen LogP contribution in [0.25, 0.3) is 90.9 Å². The number of phenols is 2. The second-order valence-electron chi connectivity index (χ2n) is 23.5. The van der Waals surface area contributed by atoms with Gasteiger partial charge in [0.25, 0.3) is 0 Å². The van der Waals surface area contributed by atoms with Crippen molar-refractivity contribution in [3.8, 4) is 67.5 Å². The molecule has 8 heteroatoms. The quantitative estimate of drug-likeness (QED) is 0.0291. The minimum atomic E-state index is 0.199. The highest BCUT2D eigenvalue weighted by Crippen LogP contribution is 2.40. The number of ether oxygens (including phenoxy) is 2. The van der Waals surface area contributed by atoms with Crippen LogP contribution in [0.5, 0.6) is 23.0 Å². The summed E-state index contributed by atoms with van der Waals surface area (Å²) in [5.41, 5.74) is 14.3. The summed E-state index contributed by atoms with van der Waals surface area (Å²) in [6.45, 7) is 5.97. The molecule has 5 heterocycles. The van der Waals surface area contributed by atoms with E-state index in [9.17, 15) is 10.2 Å². The highest BCUT2D eigenvalue weighted by Gasteiger charge is 2.20. The number of hydrogen-bond acceptors (Lipinski definition) is 6. The molecule has 0 saturated carbocycles. The first kappa shape index (κ1) is 61.2. The van der Waals surface area contributed by atoms with Crippen molar-refractivity contribution in [1.82, 2.24) is 19.9 Å². The number of rotatable bonds is 36. The number of nitrogens with zero attached hydrogens (tertiary/aromatic N) is 2. The first-order chi connectivity index (χ1) is 41.4. The Kier molecular flexibility index (Phi) is 24.2. The molecule has 2 aliphatic rings. The maximum Gasteiger partial charge on any atom is 0.119 e. The fraction of sp³-hybridized carbons (Fsp3) is 0.421. The molecule has 0 atom stereocenters. The van der Waals surface area contributed by atoms with Crippen LogP contribution in [0.4, 0.5) is 0 Å². The molecule has 0 amide bonds. The average molecular weight is 1130 g/mol. The number of phenolic OH excluding ortho intramolecular Hbond substituents is 2. The van der Waals surface area contributed by atoms with Crippen molar-refractivity contribution in [2.75, 3.05) is 13.2 Å². The molecule has 3 aromatic heterocycles. The molecule has 84 heavy (non-hydrogen) atoms. The first-order valence-corrected chi connectivity index (χ1v) is 32.7. The highest BCUT2D eigenvalue weighted by atomic mass is 16.5. The zero-order valence-corrected chi connectivity index (χ0v) is 50.7. The van der Waals surface area contributed by atoms with Gasteiger partial charge in [0, 0.05) is 44.3 Å². The zero-order chi connectivity index (χ0) is 58.0. The molecule has 0 radical (unpaired) electrons. The van der Waals surface area contributed by atoms with Crippen LogP contribution >= 0.6 is 0 Å². The van der Waals surface area contributed by atoms with Crippen molar-refractivity contribution in [3.05, 3.63) is 144 Å². The lowest BCUT2D eigenvalue weighted by molar-refractivity contribution is 0.304. The van der Waals surface area contributed by atoms with Gasteiger partial charge in [-0.3, -0.25) is 0 Å². The molecule has 4 aromatic carbocycles. The van der Waals surface area contributed by atoms with Crippen molar-refractivity contribution in [1.29, 1.82) is 0 Å². The number of H-pyrrole nitrogens is 2. The van der Waals surface area contributed by atoms with Gasteiger partial charge in [-0.15, -0.1) is 0 Å². The molecular weight excluding hydrogens is 1030 g/mol. The normalized spacial score (nSPS) is 11.9. The van der Waals surface area contributed by atoms with Crippen LogP contribution in [0.1, 0.15) is 216 Å². The van der Waals surface area contributed by atoms with Crippen molar-refractivity contribution < 1.29 is 19.7 Å². The van der Waals surface area contributed by atoms with Gasteiger partial charge in [-0.1, -0.05) is 229 Å². The number of aromatic amines is 2. The summed E-state index contributed by atoms with van der Waals surface area (Å²) >= 11 is 0. The van der Waals surface area contributed by atoms with Crippen molar-refractivity contribution in [3.63, 3.8) is 0 Å². The summed E-state index contributed by atoms with van der Waals surface area (Å²) in [4.78, 5) is 18.6. The van der Waals surface area contributed by atoms with Crippen LogP contribution in [0.3, 0.4) is 0 Å². The third-order valence-corrected chi connectivity index (χ3v) is 16.9. The van der Waals surface area contributed by atoms with E-state index in [2.05, 4.69) is 121 Å². The van der Waals surface area contributed by atoms with Gasteiger partial charge >= 0.3 is 0 Å². The summed E-state index contributed by atoms with van der Waals surface area (Å²) in [5, 5.41) is 21.0. The Balaban J connectivity index is 0.962. The summed E-state index contributed by atoms with van der Waals surface area (Å²) in [6.07, 6.45) is 45.6. The van der Waals surface area contributed by atoms with Crippen LogP contribution in [0.2, 0.25) is 0 Å². The molecule has 0 unspecified atom stereocenters. The predicted octanol–water partition coefficient (Wildman–Crippen LogP) is 22.5. The largest absolute Gasteiger partial charge is 0.508 e. The van der Waals surface area contributed by atoms with Crippen LogP contribution in [0, 0.1) is 0 Å². The number of aromatic nitrogens is 4. The van der Waals surface area contributed by atoms with Gasteiger partial charge in [0.15, 0.2) is 0 Å². The minimum Gasteiger partial charge on any atom is -0.508 e. The van der Waals surface area contributed by atoms with Gasteiger partial charge in [0.2, 0.25) is 0 Å². The Morgan fingerprint density at radius 2 is 0.512 bits per heavy atom. The second-order valence-corrected chi connectivity index (χ2v) is 23.5. The van der Waals surface area contributed by atoms with Crippen molar-refractivity contribution in [2.24, 2.45) is 0 Å². The predicted molar refractivity (Wildman–Crippen MR) is 356 cm³/mol. The van der Waals surface area contributed by atoms with Gasteiger partial charge < -0.3 is 29.7 Å². The second kappa shape index (κ2) is 33.2. The Morgan fingerprint density at radius 3 is 0.762 bits per heavy atom. The summed E-state index contributed by atoms with van der Waals surface area (Å²) < 4.78 is 12.7. The zero-order valence-electron chi connectivity index (χ0n) is 50.7. The summed E-state index contributed by atoms with van der Waals surface area (Å²) in [7, 11) is 0. The first-order valence-electron chi connectivity index (χ1n) is 32.7. The molecule has 0 saturated heterocycles. The van der Waals surface area contributed by atoms with E-state index in [1.165, 1.54) is 167 Å². The fourth-order valence-electron chi connectivity index (χ4n) is 12.1. The molecule has 8 nitrogen and oxygen atoms in total. The third-order valence-electron chi connectivity index (χ3n) is 16.9. The molecule has 2 aliphatic heterocycles. The van der Waals surface area contributed by atoms with E-state index in [-0.39, 0.29) is 11.5 Å². The van der Waals surface area contributed by atoms with Crippen LogP contribution in [-0.2, 0) is 0 Å². The molecule has 0 spiro atoms. The molecule has 442 valence electrons. The van der Waals surface area contributed by atoms with Gasteiger partial charge in [0.1, 0.15) is 23.0 Å². The Hall–Kier alpha value is -7.32. The van der Waals surface area contributed by atoms with Gasteiger partial charge in [-0.2, -0.15) is 0 Å². The number of unbranched alkanes of at least 4 members (excludes halogenated alkanes) is 26. The van der Waals surface area contributed by atoms with Gasteiger partial charge in [0.05, 0.1) is 36.0 Å². The van der Waals surface area contributed by atoms with Crippen LogP contribution in [-0.4, -0.2) is 43.4 Å². The molecule has 7 aromatic rings. The lowest BCUT2D eigenvalue weighted by Gasteiger charge is -2.09. The van der Waals surface area contributed by atoms with E-state index < -0.39 is 0 Å². The lowest BCUT2D eigenvalue weighted by Crippen LogP contribution is -1.97. The maximum absolute atomic E-state index is 10.5. The maximum atomic E-state index is 10.5. The average Bonchev–Trinajstić information content (AvgIpc) is 3.19. The topological polar surface area (TPSA) is 116 Å². The molecule has 8 bridgehead atoms. The monoisotopic (exact) mass is 1130 g/mol. The SMILES string of the molecule is CCCCCCCCCCCCCCCCOc1ccc(-c2c3nc(c(-c4ccc(O)cc4)c4ccc([nH]4)c(-c4ccc(OCCCCCCCCCCCCCCCC)cc4)c4nc(c(-c5ccc(O)cc5)c5ccc2[nH]5)C=C4)C=C3)cc1. The van der Waals surface area contributed by atoms with Crippen molar-refractivity contribution >= 4 is 46.4 Å². The third kappa shape index (κ3) is 17.9. The number of hydrogen-bond donors (Lipinski definition) is 4. The van der Waals surface area contributed by atoms with E-state index in [1.807, 2.05) is 24.3 Å². The number of fused-ring (bicyclic) bond motifs is 8. The minimum absolute atomic E-state index is 0.199. The molecule has 0 aliphatic carbocycles. The van der Waals surface area contributed by atoms with Gasteiger partial charge in [-0.05, 0) is 132 Å². The number of nitrogens with one attached hydrogen (secondary N) is 2. The molecular formula is C76H94N4O4. The highest BCUT2D eigenvalue weighted by molar-refractivity contribution is 6.00. The Morgan fingerprint density at radius 1 is 0.286 bits per heavy atom. The molecule has 9 rings (SSSR count). The summed E-state index contributed by atoms with van der Waals surface area (Å²) in [6, 6.07) is 40.1. The lowest BCUT2D eigenvalue weighted by atomic mass is 10.0. The Labute approximate surface area is 502 Å². The fourth-order valence-corrected chi connectivity index (χ4v) is 12.1. The smallest absolute Gasteiger partial charge is 0.119 e.